The number of piperazine rings is 1. The van der Waals surface area contributed by atoms with Crippen LogP contribution in [-0.4, -0.2) is 67.2 Å². The minimum Gasteiger partial charge on any atom is -0.480 e. The smallest absolute Gasteiger partial charge is 0.323 e. The molecular weight excluding hydrogens is 220 g/mol. The Morgan fingerprint density at radius 3 is 2.13 bits per heavy atom. The van der Waals surface area contributed by atoms with Crippen molar-refractivity contribution in [3.05, 3.63) is 0 Å². The van der Waals surface area contributed by atoms with E-state index in [1.165, 1.54) is 11.2 Å². The average molecular weight is 236 g/mol. The quantitative estimate of drug-likeness (QED) is 0.682. The SMILES string of the molecule is CC(C(=O)O)S(=O)(=O)N1CCN(C)CC1. The van der Waals surface area contributed by atoms with E-state index in [1.54, 1.807) is 0 Å². The highest BCUT2D eigenvalue weighted by atomic mass is 32.2. The maximum Gasteiger partial charge on any atom is 0.323 e. The summed E-state index contributed by atoms with van der Waals surface area (Å²) in [7, 11) is -1.77. The number of hydrogen-bond donors (Lipinski definition) is 1. The van der Waals surface area contributed by atoms with Gasteiger partial charge in [0.15, 0.2) is 5.25 Å². The zero-order valence-corrected chi connectivity index (χ0v) is 9.70. The molecule has 15 heavy (non-hydrogen) atoms. The molecule has 1 heterocycles. The van der Waals surface area contributed by atoms with Gasteiger partial charge >= 0.3 is 5.97 Å². The summed E-state index contributed by atoms with van der Waals surface area (Å²) >= 11 is 0. The Labute approximate surface area is 89.5 Å². The third-order valence-corrected chi connectivity index (χ3v) is 4.80. The van der Waals surface area contributed by atoms with E-state index in [0.717, 1.165) is 0 Å². The van der Waals surface area contributed by atoms with E-state index < -0.39 is 21.2 Å². The van der Waals surface area contributed by atoms with E-state index in [9.17, 15) is 13.2 Å². The van der Waals surface area contributed by atoms with Crippen LogP contribution in [0.15, 0.2) is 0 Å². The molecule has 1 fully saturated rings. The van der Waals surface area contributed by atoms with Crippen LogP contribution in [0, 0.1) is 0 Å². The summed E-state index contributed by atoms with van der Waals surface area (Å²) in [4.78, 5) is 12.6. The lowest BCUT2D eigenvalue weighted by Gasteiger charge is -2.32. The van der Waals surface area contributed by atoms with Crippen LogP contribution < -0.4 is 0 Å². The number of hydrogen-bond acceptors (Lipinski definition) is 4. The van der Waals surface area contributed by atoms with Crippen molar-refractivity contribution in [2.75, 3.05) is 33.2 Å². The van der Waals surface area contributed by atoms with Crippen molar-refractivity contribution in [3.8, 4) is 0 Å². The Morgan fingerprint density at radius 2 is 1.73 bits per heavy atom. The lowest BCUT2D eigenvalue weighted by molar-refractivity contribution is -0.136. The fourth-order valence-electron chi connectivity index (χ4n) is 1.39. The second-order valence-corrected chi connectivity index (χ2v) is 5.98. The minimum atomic E-state index is -3.68. The highest BCUT2D eigenvalue weighted by molar-refractivity contribution is 7.90. The standard InChI is InChI=1S/C8H16N2O4S/c1-7(8(11)12)15(13,14)10-5-3-9(2)4-6-10/h7H,3-6H2,1-2H3,(H,11,12). The average Bonchev–Trinajstić information content (AvgIpc) is 2.17. The largest absolute Gasteiger partial charge is 0.480 e. The number of carboxylic acid groups (broad SMARTS) is 1. The normalized spacial score (nSPS) is 22.5. The summed E-state index contributed by atoms with van der Waals surface area (Å²) in [5.74, 6) is -1.30. The molecule has 1 atom stereocenters. The van der Waals surface area contributed by atoms with Crippen molar-refractivity contribution < 1.29 is 18.3 Å². The molecule has 0 spiro atoms. The van der Waals surface area contributed by atoms with Gasteiger partial charge in [-0.05, 0) is 14.0 Å². The van der Waals surface area contributed by atoms with E-state index in [4.69, 9.17) is 5.11 Å². The molecule has 7 heteroatoms. The molecule has 0 bridgehead atoms. The zero-order valence-electron chi connectivity index (χ0n) is 8.88. The van der Waals surface area contributed by atoms with Crippen LogP contribution in [0.2, 0.25) is 0 Å². The van der Waals surface area contributed by atoms with Crippen molar-refractivity contribution in [2.45, 2.75) is 12.2 Å². The number of carbonyl (C=O) groups is 1. The molecule has 1 unspecified atom stereocenters. The van der Waals surface area contributed by atoms with Gasteiger partial charge in [0.25, 0.3) is 0 Å². The molecule has 1 aliphatic heterocycles. The number of aliphatic carboxylic acids is 1. The summed E-state index contributed by atoms with van der Waals surface area (Å²) < 4.78 is 24.8. The van der Waals surface area contributed by atoms with Crippen molar-refractivity contribution in [2.24, 2.45) is 0 Å². The van der Waals surface area contributed by atoms with Gasteiger partial charge < -0.3 is 10.0 Å². The molecule has 1 aliphatic rings. The van der Waals surface area contributed by atoms with Crippen LogP contribution in [0.25, 0.3) is 0 Å². The molecule has 88 valence electrons. The number of sulfonamides is 1. The van der Waals surface area contributed by atoms with Gasteiger partial charge in [0.1, 0.15) is 0 Å². The van der Waals surface area contributed by atoms with Crippen molar-refractivity contribution in [1.82, 2.24) is 9.21 Å². The fourth-order valence-corrected chi connectivity index (χ4v) is 2.77. The van der Waals surface area contributed by atoms with E-state index in [2.05, 4.69) is 0 Å². The monoisotopic (exact) mass is 236 g/mol. The fraction of sp³-hybridized carbons (Fsp3) is 0.875. The first-order chi connectivity index (χ1) is 6.85. The summed E-state index contributed by atoms with van der Waals surface area (Å²) in [5, 5.41) is 7.32. The molecule has 0 aromatic heterocycles. The second-order valence-electron chi connectivity index (χ2n) is 3.73. The Hall–Kier alpha value is -0.660. The molecule has 0 radical (unpaired) electrons. The highest BCUT2D eigenvalue weighted by Crippen LogP contribution is 2.11. The number of likely N-dealkylation sites (N-methyl/N-ethyl adjacent to an activating group) is 1. The maximum atomic E-state index is 11.8. The molecule has 0 aromatic carbocycles. The predicted octanol–water partition coefficient (Wildman–Crippen LogP) is -0.963. The summed E-state index contributed by atoms with van der Waals surface area (Å²) in [6.07, 6.45) is 0. The van der Waals surface area contributed by atoms with Crippen molar-refractivity contribution in [1.29, 1.82) is 0 Å². The van der Waals surface area contributed by atoms with E-state index in [1.807, 2.05) is 11.9 Å². The molecule has 0 aromatic rings. The maximum absolute atomic E-state index is 11.8. The lowest BCUT2D eigenvalue weighted by atomic mass is 10.4. The van der Waals surface area contributed by atoms with Gasteiger partial charge in [-0.25, -0.2) is 8.42 Å². The topological polar surface area (TPSA) is 77.9 Å². The molecule has 1 saturated heterocycles. The Kier molecular flexibility index (Phi) is 3.69. The van der Waals surface area contributed by atoms with Gasteiger partial charge in [0.2, 0.25) is 10.0 Å². The van der Waals surface area contributed by atoms with Crippen molar-refractivity contribution in [3.63, 3.8) is 0 Å². The Morgan fingerprint density at radius 1 is 1.27 bits per heavy atom. The first-order valence-electron chi connectivity index (χ1n) is 4.76. The van der Waals surface area contributed by atoms with Crippen LogP contribution in [0.4, 0.5) is 0 Å². The van der Waals surface area contributed by atoms with E-state index >= 15 is 0 Å². The molecule has 1 rings (SSSR count). The highest BCUT2D eigenvalue weighted by Gasteiger charge is 2.34. The van der Waals surface area contributed by atoms with Gasteiger partial charge in [0, 0.05) is 26.2 Å². The third kappa shape index (κ3) is 2.67. The second kappa shape index (κ2) is 4.46. The van der Waals surface area contributed by atoms with Gasteiger partial charge in [-0.1, -0.05) is 0 Å². The summed E-state index contributed by atoms with van der Waals surface area (Å²) in [6.45, 7) is 3.24. The number of nitrogens with zero attached hydrogens (tertiary/aromatic N) is 2. The molecule has 0 aliphatic carbocycles. The van der Waals surface area contributed by atoms with Gasteiger partial charge in [-0.15, -0.1) is 0 Å². The van der Waals surface area contributed by atoms with Crippen molar-refractivity contribution >= 4 is 16.0 Å². The lowest BCUT2D eigenvalue weighted by Crippen LogP contribution is -2.50. The Balaban J connectivity index is 2.74. The van der Waals surface area contributed by atoms with Crippen LogP contribution in [0.5, 0.6) is 0 Å². The van der Waals surface area contributed by atoms with E-state index in [0.29, 0.717) is 26.2 Å². The van der Waals surface area contributed by atoms with E-state index in [-0.39, 0.29) is 0 Å². The molecule has 0 saturated carbocycles. The summed E-state index contributed by atoms with van der Waals surface area (Å²) in [5.41, 5.74) is 0. The van der Waals surface area contributed by atoms with Gasteiger partial charge in [0.05, 0.1) is 0 Å². The van der Waals surface area contributed by atoms with Crippen LogP contribution in [0.1, 0.15) is 6.92 Å². The van der Waals surface area contributed by atoms with Crippen LogP contribution in [-0.2, 0) is 14.8 Å². The number of carboxylic acids is 1. The molecule has 0 amide bonds. The predicted molar refractivity (Wildman–Crippen MR) is 55.1 cm³/mol. The first-order valence-corrected chi connectivity index (χ1v) is 6.26. The molecular formula is C8H16N2O4S. The number of rotatable bonds is 3. The van der Waals surface area contributed by atoms with Gasteiger partial charge in [-0.3, -0.25) is 4.79 Å². The van der Waals surface area contributed by atoms with Gasteiger partial charge in [-0.2, -0.15) is 4.31 Å². The molecule has 6 nitrogen and oxygen atoms in total. The van der Waals surface area contributed by atoms with Crippen LogP contribution in [0.3, 0.4) is 0 Å². The third-order valence-electron chi connectivity index (χ3n) is 2.62. The Bertz CT molecular complexity index is 333. The first kappa shape index (κ1) is 12.4. The molecule has 1 N–H and O–H groups in total. The van der Waals surface area contributed by atoms with Crippen LogP contribution >= 0.6 is 0 Å². The minimum absolute atomic E-state index is 0.371. The zero-order chi connectivity index (χ0) is 11.6. The summed E-state index contributed by atoms with van der Waals surface area (Å²) in [6, 6.07) is 0.